The molecule has 0 bridgehead atoms. The quantitative estimate of drug-likeness (QED) is 0.757. The van der Waals surface area contributed by atoms with Crippen LogP contribution in [0.2, 0.25) is 0 Å². The molecule has 0 radical (unpaired) electrons. The molecule has 0 saturated carbocycles. The fourth-order valence-electron chi connectivity index (χ4n) is 3.45. The van der Waals surface area contributed by atoms with E-state index < -0.39 is 5.41 Å². The van der Waals surface area contributed by atoms with E-state index in [-0.39, 0.29) is 0 Å². The predicted octanol–water partition coefficient (Wildman–Crippen LogP) is 4.54. The van der Waals surface area contributed by atoms with Gasteiger partial charge in [-0.25, -0.2) is 0 Å². The van der Waals surface area contributed by atoms with Gasteiger partial charge in [0.25, 0.3) is 0 Å². The molecule has 0 amide bonds. The van der Waals surface area contributed by atoms with Crippen molar-refractivity contribution in [1.29, 1.82) is 5.26 Å². The lowest BCUT2D eigenvalue weighted by molar-refractivity contribution is 0.251. The van der Waals surface area contributed by atoms with Gasteiger partial charge < -0.3 is 0 Å². The smallest absolute Gasteiger partial charge is 0.125 e. The first kappa shape index (κ1) is 16.5. The van der Waals surface area contributed by atoms with Crippen LogP contribution in [0.3, 0.4) is 0 Å². The lowest BCUT2D eigenvalue weighted by Crippen LogP contribution is -2.30. The molecule has 2 aromatic carbocycles. The van der Waals surface area contributed by atoms with Gasteiger partial charge in [-0.1, -0.05) is 79.2 Å². The van der Waals surface area contributed by atoms with E-state index >= 15 is 0 Å². The van der Waals surface area contributed by atoms with Gasteiger partial charge in [0.15, 0.2) is 0 Å². The van der Waals surface area contributed by atoms with Crippen molar-refractivity contribution in [2.24, 2.45) is 0 Å². The minimum Gasteiger partial charge on any atom is -0.300 e. The minimum atomic E-state index is -0.724. The van der Waals surface area contributed by atoms with Crippen LogP contribution in [0.4, 0.5) is 0 Å². The molecule has 24 heavy (non-hydrogen) atoms. The van der Waals surface area contributed by atoms with Crippen LogP contribution >= 0.6 is 0 Å². The molecule has 1 fully saturated rings. The standard InChI is InChI=1S/C22H24N2/c23-19-22(20-11-4-1-5-12-20,21-13-6-2-7-14-21)15-10-18-24-16-8-3-9-17-24/h1-2,4-7,10-15H,3,8-9,16-18H2. The monoisotopic (exact) mass is 316 g/mol. The molecule has 0 aromatic heterocycles. The molecule has 2 heteroatoms. The number of allylic oxidation sites excluding steroid dienone is 1. The largest absolute Gasteiger partial charge is 0.300 e. The van der Waals surface area contributed by atoms with Gasteiger partial charge in [-0.15, -0.1) is 0 Å². The maximum Gasteiger partial charge on any atom is 0.125 e. The molecule has 1 aliphatic rings. The fraction of sp³-hybridized carbons (Fsp3) is 0.318. The van der Waals surface area contributed by atoms with Gasteiger partial charge >= 0.3 is 0 Å². The SMILES string of the molecule is N#CC(C=CCN1CCCCC1)(c1ccccc1)c1ccccc1. The summed E-state index contributed by atoms with van der Waals surface area (Å²) in [6, 6.07) is 22.8. The molecule has 0 N–H and O–H groups in total. The maximum atomic E-state index is 10.1. The Bertz CT molecular complexity index is 652. The molecular weight excluding hydrogens is 292 g/mol. The highest BCUT2D eigenvalue weighted by Gasteiger charge is 2.31. The summed E-state index contributed by atoms with van der Waals surface area (Å²) in [4.78, 5) is 2.47. The van der Waals surface area contributed by atoms with Gasteiger partial charge in [0.05, 0.1) is 6.07 Å². The highest BCUT2D eigenvalue weighted by Crippen LogP contribution is 2.33. The van der Waals surface area contributed by atoms with Gasteiger partial charge in [-0.2, -0.15) is 5.26 Å². The molecule has 0 aliphatic carbocycles. The molecule has 1 saturated heterocycles. The van der Waals surface area contributed by atoms with Crippen molar-refractivity contribution < 1.29 is 0 Å². The van der Waals surface area contributed by atoms with E-state index in [9.17, 15) is 5.26 Å². The lowest BCUT2D eigenvalue weighted by atomic mass is 9.75. The van der Waals surface area contributed by atoms with E-state index in [2.05, 4.69) is 23.1 Å². The van der Waals surface area contributed by atoms with Crippen LogP contribution in [0.25, 0.3) is 0 Å². The van der Waals surface area contributed by atoms with Crippen LogP contribution in [-0.2, 0) is 5.41 Å². The van der Waals surface area contributed by atoms with Crippen LogP contribution in [0, 0.1) is 11.3 Å². The Kier molecular flexibility index (Phi) is 5.46. The van der Waals surface area contributed by atoms with E-state index in [1.165, 1.54) is 32.4 Å². The Morgan fingerprint density at radius 1 is 0.875 bits per heavy atom. The van der Waals surface area contributed by atoms with Crippen LogP contribution in [0.15, 0.2) is 72.8 Å². The third-order valence-corrected chi connectivity index (χ3v) is 4.81. The number of nitriles is 1. The second-order valence-corrected chi connectivity index (χ2v) is 6.42. The summed E-state index contributed by atoms with van der Waals surface area (Å²) in [7, 11) is 0. The summed E-state index contributed by atoms with van der Waals surface area (Å²) < 4.78 is 0. The highest BCUT2D eigenvalue weighted by molar-refractivity contribution is 5.50. The first-order valence-electron chi connectivity index (χ1n) is 8.77. The van der Waals surface area contributed by atoms with Gasteiger partial charge in [0.2, 0.25) is 0 Å². The minimum absolute atomic E-state index is 0.724. The number of likely N-dealkylation sites (tertiary alicyclic amines) is 1. The average molecular weight is 316 g/mol. The first-order chi connectivity index (χ1) is 11.8. The molecule has 0 spiro atoms. The molecule has 122 valence electrons. The van der Waals surface area contributed by atoms with Gasteiger partial charge in [0.1, 0.15) is 5.41 Å². The number of piperidine rings is 1. The zero-order valence-electron chi connectivity index (χ0n) is 14.1. The van der Waals surface area contributed by atoms with E-state index in [1.807, 2.05) is 60.7 Å². The van der Waals surface area contributed by atoms with Crippen molar-refractivity contribution in [1.82, 2.24) is 4.90 Å². The van der Waals surface area contributed by atoms with Gasteiger partial charge in [0, 0.05) is 6.54 Å². The Hall–Kier alpha value is -2.37. The van der Waals surface area contributed by atoms with Crippen LogP contribution in [-0.4, -0.2) is 24.5 Å². The maximum absolute atomic E-state index is 10.1. The van der Waals surface area contributed by atoms with Crippen LogP contribution in [0.5, 0.6) is 0 Å². The number of benzene rings is 2. The predicted molar refractivity (Wildman–Crippen MR) is 98.7 cm³/mol. The third kappa shape index (κ3) is 3.58. The van der Waals surface area contributed by atoms with E-state index in [0.717, 1.165) is 17.7 Å². The Morgan fingerprint density at radius 2 is 1.42 bits per heavy atom. The summed E-state index contributed by atoms with van der Waals surface area (Å²) >= 11 is 0. The zero-order chi connectivity index (χ0) is 16.7. The molecule has 1 aliphatic heterocycles. The summed E-state index contributed by atoms with van der Waals surface area (Å²) in [5.74, 6) is 0. The Balaban J connectivity index is 1.91. The third-order valence-electron chi connectivity index (χ3n) is 4.81. The summed E-state index contributed by atoms with van der Waals surface area (Å²) in [5.41, 5.74) is 1.32. The van der Waals surface area contributed by atoms with Crippen molar-refractivity contribution in [2.75, 3.05) is 19.6 Å². The second kappa shape index (κ2) is 7.95. The lowest BCUT2D eigenvalue weighted by Gasteiger charge is -2.27. The Morgan fingerprint density at radius 3 is 1.92 bits per heavy atom. The van der Waals surface area contributed by atoms with E-state index in [1.54, 1.807) is 0 Å². The highest BCUT2D eigenvalue weighted by atomic mass is 15.1. The van der Waals surface area contributed by atoms with Crippen molar-refractivity contribution in [2.45, 2.75) is 24.7 Å². The van der Waals surface area contributed by atoms with Crippen molar-refractivity contribution in [3.05, 3.63) is 83.9 Å². The fourth-order valence-corrected chi connectivity index (χ4v) is 3.45. The number of hydrogen-bond donors (Lipinski definition) is 0. The number of hydrogen-bond acceptors (Lipinski definition) is 2. The molecule has 0 atom stereocenters. The summed E-state index contributed by atoms with van der Waals surface area (Å²) in [5, 5.41) is 10.1. The van der Waals surface area contributed by atoms with Crippen molar-refractivity contribution in [3.8, 4) is 6.07 Å². The number of nitrogens with zero attached hydrogens (tertiary/aromatic N) is 2. The molecular formula is C22H24N2. The summed E-state index contributed by atoms with van der Waals surface area (Å²) in [6.45, 7) is 3.25. The van der Waals surface area contributed by atoms with Gasteiger partial charge in [-0.3, -0.25) is 4.90 Å². The molecule has 1 heterocycles. The summed E-state index contributed by atoms with van der Waals surface area (Å²) in [6.07, 6.45) is 8.18. The zero-order valence-corrected chi connectivity index (χ0v) is 14.1. The molecule has 0 unspecified atom stereocenters. The van der Waals surface area contributed by atoms with Gasteiger partial charge in [-0.05, 0) is 37.1 Å². The molecule has 2 nitrogen and oxygen atoms in total. The molecule has 2 aromatic rings. The van der Waals surface area contributed by atoms with Crippen LogP contribution in [0.1, 0.15) is 30.4 Å². The van der Waals surface area contributed by atoms with E-state index in [4.69, 9.17) is 0 Å². The average Bonchev–Trinajstić information content (AvgIpc) is 2.68. The topological polar surface area (TPSA) is 27.0 Å². The normalized spacial score (nSPS) is 16.1. The van der Waals surface area contributed by atoms with Crippen molar-refractivity contribution >= 4 is 0 Å². The van der Waals surface area contributed by atoms with Crippen molar-refractivity contribution in [3.63, 3.8) is 0 Å². The first-order valence-corrected chi connectivity index (χ1v) is 8.77. The second-order valence-electron chi connectivity index (χ2n) is 6.42. The Labute approximate surface area is 145 Å². The molecule has 3 rings (SSSR count). The number of rotatable bonds is 5. The van der Waals surface area contributed by atoms with Crippen LogP contribution < -0.4 is 0 Å². The van der Waals surface area contributed by atoms with E-state index in [0.29, 0.717) is 0 Å².